The highest BCUT2D eigenvalue weighted by molar-refractivity contribution is 5.64. The second kappa shape index (κ2) is 6.61. The van der Waals surface area contributed by atoms with Crippen LogP contribution in [0.1, 0.15) is 25.7 Å². The van der Waals surface area contributed by atoms with Gasteiger partial charge in [-0.05, 0) is 49.7 Å². The predicted molar refractivity (Wildman–Crippen MR) is 99.5 cm³/mol. The van der Waals surface area contributed by atoms with E-state index in [9.17, 15) is 5.11 Å². The van der Waals surface area contributed by atoms with Crippen LogP contribution >= 0.6 is 0 Å². The molecule has 0 aromatic carbocycles. The van der Waals surface area contributed by atoms with E-state index >= 15 is 0 Å². The van der Waals surface area contributed by atoms with Crippen molar-refractivity contribution in [1.82, 2.24) is 30.2 Å². The molecule has 1 saturated heterocycles. The highest BCUT2D eigenvalue weighted by atomic mass is 16.3. The number of pyridine rings is 1. The Morgan fingerprint density at radius 1 is 1.00 bits per heavy atom. The van der Waals surface area contributed by atoms with Crippen molar-refractivity contribution in [3.63, 3.8) is 0 Å². The Morgan fingerprint density at radius 3 is 2.56 bits per heavy atom. The monoisotopic (exact) mass is 363 g/mol. The molecule has 138 valence electrons. The first-order valence-electron chi connectivity index (χ1n) is 9.43. The van der Waals surface area contributed by atoms with Crippen LogP contribution in [0.15, 0.2) is 36.8 Å². The Balaban J connectivity index is 1.35. The summed E-state index contributed by atoms with van der Waals surface area (Å²) < 4.78 is 0. The van der Waals surface area contributed by atoms with Crippen LogP contribution in [0, 0.1) is 11.8 Å². The fourth-order valence-corrected chi connectivity index (χ4v) is 3.89. The number of piperidine rings is 1. The third kappa shape index (κ3) is 3.22. The van der Waals surface area contributed by atoms with Gasteiger partial charge in [0.25, 0.3) is 0 Å². The van der Waals surface area contributed by atoms with Crippen LogP contribution in [0.3, 0.4) is 0 Å². The Hall–Kier alpha value is -3.03. The minimum atomic E-state index is 0.0265. The highest BCUT2D eigenvalue weighted by Gasteiger charge is 2.34. The lowest BCUT2D eigenvalue weighted by Gasteiger charge is -2.33. The number of hydrogen-bond acceptors (Lipinski definition) is 7. The van der Waals surface area contributed by atoms with E-state index in [2.05, 4.69) is 30.3 Å². The van der Waals surface area contributed by atoms with Gasteiger partial charge in [-0.1, -0.05) is 0 Å². The lowest BCUT2D eigenvalue weighted by Crippen LogP contribution is -2.36. The van der Waals surface area contributed by atoms with Crippen molar-refractivity contribution in [3.05, 3.63) is 36.8 Å². The lowest BCUT2D eigenvalue weighted by atomic mass is 9.93. The molecule has 1 N–H and O–H groups in total. The summed E-state index contributed by atoms with van der Waals surface area (Å²) in [4.78, 5) is 8.06. The van der Waals surface area contributed by atoms with E-state index in [1.54, 1.807) is 24.7 Å². The first kappa shape index (κ1) is 16.2. The molecule has 0 unspecified atom stereocenters. The number of aromatic hydroxyl groups is 1. The maximum Gasteiger partial charge on any atom is 0.151 e. The second-order valence-electron chi connectivity index (χ2n) is 7.34. The van der Waals surface area contributed by atoms with E-state index < -0.39 is 0 Å². The van der Waals surface area contributed by atoms with Gasteiger partial charge in [-0.2, -0.15) is 10.2 Å². The largest absolute Gasteiger partial charge is 0.506 e. The van der Waals surface area contributed by atoms with E-state index in [1.807, 2.05) is 12.1 Å². The summed E-state index contributed by atoms with van der Waals surface area (Å²) in [6, 6.07) is 5.42. The summed E-state index contributed by atoms with van der Waals surface area (Å²) in [5.74, 6) is 2.65. The molecule has 5 rings (SSSR count). The molecular formula is C19H21N7O. The van der Waals surface area contributed by atoms with Crippen molar-refractivity contribution in [1.29, 1.82) is 0 Å². The molecule has 3 aromatic rings. The van der Waals surface area contributed by atoms with Gasteiger partial charge < -0.3 is 10.0 Å². The van der Waals surface area contributed by atoms with Crippen LogP contribution in [-0.2, 0) is 0 Å². The van der Waals surface area contributed by atoms with Crippen molar-refractivity contribution in [2.45, 2.75) is 25.7 Å². The lowest BCUT2D eigenvalue weighted by molar-refractivity contribution is 0.372. The molecule has 1 aliphatic carbocycles. The summed E-state index contributed by atoms with van der Waals surface area (Å²) >= 11 is 0. The summed E-state index contributed by atoms with van der Waals surface area (Å²) in [5, 5.41) is 27.1. The third-order valence-electron chi connectivity index (χ3n) is 5.47. The first-order valence-corrected chi connectivity index (χ1v) is 9.43. The Labute approximate surface area is 156 Å². The quantitative estimate of drug-likeness (QED) is 0.761. The summed E-state index contributed by atoms with van der Waals surface area (Å²) in [6.45, 7) is 2.11. The van der Waals surface area contributed by atoms with Gasteiger partial charge in [0.15, 0.2) is 5.82 Å². The topological polar surface area (TPSA) is 92.8 Å². The fourth-order valence-electron chi connectivity index (χ4n) is 3.89. The zero-order chi connectivity index (χ0) is 18.2. The summed E-state index contributed by atoms with van der Waals surface area (Å²) in [5.41, 5.74) is 1.54. The molecule has 3 aromatic heterocycles. The van der Waals surface area contributed by atoms with Crippen LogP contribution in [0.2, 0.25) is 0 Å². The van der Waals surface area contributed by atoms with Crippen LogP contribution < -0.4 is 4.90 Å². The SMILES string of the molecule is Oc1cc(-n2nccn2)cnc1-c1ccc(N2CCC[C@@H](C3CC3)C2)nn1. The van der Waals surface area contributed by atoms with Crippen LogP contribution in [0.5, 0.6) is 5.75 Å². The van der Waals surface area contributed by atoms with Crippen LogP contribution in [-0.4, -0.2) is 48.4 Å². The minimum absolute atomic E-state index is 0.0265. The molecular weight excluding hydrogens is 342 g/mol. The van der Waals surface area contributed by atoms with E-state index in [0.29, 0.717) is 17.1 Å². The summed E-state index contributed by atoms with van der Waals surface area (Å²) in [7, 11) is 0. The average Bonchev–Trinajstić information content (AvgIpc) is 3.42. The zero-order valence-corrected chi connectivity index (χ0v) is 14.9. The standard InChI is InChI=1S/C19H21N7O/c27-17-10-15(26-21-7-8-22-26)11-20-19(17)16-5-6-18(24-23-16)25-9-1-2-14(12-25)13-3-4-13/h5-8,10-11,13-14,27H,1-4,9,12H2/t14-/m1/s1. The van der Waals surface area contributed by atoms with Crippen molar-refractivity contribution in [3.8, 4) is 22.8 Å². The van der Waals surface area contributed by atoms with E-state index in [0.717, 1.165) is 30.7 Å². The minimum Gasteiger partial charge on any atom is -0.506 e. The van der Waals surface area contributed by atoms with Crippen molar-refractivity contribution in [2.24, 2.45) is 11.8 Å². The van der Waals surface area contributed by atoms with E-state index in [-0.39, 0.29) is 5.75 Å². The number of rotatable bonds is 4. The van der Waals surface area contributed by atoms with Gasteiger partial charge in [-0.25, -0.2) is 4.98 Å². The molecule has 1 saturated carbocycles. The molecule has 2 aliphatic rings. The van der Waals surface area contributed by atoms with Gasteiger partial charge in [0.05, 0.1) is 18.6 Å². The molecule has 2 fully saturated rings. The molecule has 0 spiro atoms. The predicted octanol–water partition coefficient (Wildman–Crippen LogP) is 2.45. The van der Waals surface area contributed by atoms with Gasteiger partial charge in [-0.3, -0.25) is 0 Å². The maximum absolute atomic E-state index is 10.4. The number of hydrogen-bond donors (Lipinski definition) is 1. The Kier molecular flexibility index (Phi) is 3.95. The smallest absolute Gasteiger partial charge is 0.151 e. The maximum atomic E-state index is 10.4. The second-order valence-corrected chi connectivity index (χ2v) is 7.34. The van der Waals surface area contributed by atoms with Crippen molar-refractivity contribution >= 4 is 5.82 Å². The van der Waals surface area contributed by atoms with Gasteiger partial charge in [0.2, 0.25) is 0 Å². The molecule has 8 heteroatoms. The van der Waals surface area contributed by atoms with Gasteiger partial charge >= 0.3 is 0 Å². The third-order valence-corrected chi connectivity index (χ3v) is 5.47. The van der Waals surface area contributed by atoms with Gasteiger partial charge in [0, 0.05) is 19.2 Å². The molecule has 1 atom stereocenters. The van der Waals surface area contributed by atoms with Gasteiger partial charge in [0.1, 0.15) is 22.8 Å². The molecule has 8 nitrogen and oxygen atoms in total. The molecule has 27 heavy (non-hydrogen) atoms. The highest BCUT2D eigenvalue weighted by Crippen LogP contribution is 2.41. The van der Waals surface area contributed by atoms with Gasteiger partial charge in [-0.15, -0.1) is 15.0 Å². The first-order chi connectivity index (χ1) is 13.3. The number of anilines is 1. The molecule has 0 bridgehead atoms. The Bertz CT molecular complexity index is 922. The normalized spacial score (nSPS) is 20.0. The van der Waals surface area contributed by atoms with Crippen LogP contribution in [0.4, 0.5) is 5.82 Å². The molecule has 1 aliphatic heterocycles. The summed E-state index contributed by atoms with van der Waals surface area (Å²) in [6.07, 6.45) is 10.1. The molecule has 0 radical (unpaired) electrons. The molecule has 4 heterocycles. The Morgan fingerprint density at radius 2 is 1.85 bits per heavy atom. The van der Waals surface area contributed by atoms with Crippen molar-refractivity contribution < 1.29 is 5.11 Å². The zero-order valence-electron chi connectivity index (χ0n) is 14.9. The van der Waals surface area contributed by atoms with E-state index in [4.69, 9.17) is 0 Å². The van der Waals surface area contributed by atoms with Crippen molar-refractivity contribution in [2.75, 3.05) is 18.0 Å². The number of aromatic nitrogens is 6. The molecule has 0 amide bonds. The average molecular weight is 363 g/mol. The van der Waals surface area contributed by atoms with Crippen LogP contribution in [0.25, 0.3) is 17.1 Å². The fraction of sp³-hybridized carbons (Fsp3) is 0.421. The van der Waals surface area contributed by atoms with E-state index in [1.165, 1.54) is 30.5 Å². The number of nitrogens with zero attached hydrogens (tertiary/aromatic N) is 7.